The number of hydrogen-bond donors (Lipinski definition) is 0. The van der Waals surface area contributed by atoms with Crippen LogP contribution in [0.4, 0.5) is 0 Å². The molecule has 0 unspecified atom stereocenters. The van der Waals surface area contributed by atoms with Crippen LogP contribution in [0.5, 0.6) is 0 Å². The summed E-state index contributed by atoms with van der Waals surface area (Å²) in [5.74, 6) is 0.721. The summed E-state index contributed by atoms with van der Waals surface area (Å²) < 4.78 is 2.05. The lowest BCUT2D eigenvalue weighted by molar-refractivity contribution is 0.796. The van der Waals surface area contributed by atoms with Crippen molar-refractivity contribution >= 4 is 34.2 Å². The first-order valence-electron chi connectivity index (χ1n) is 6.50. The van der Waals surface area contributed by atoms with Crippen LogP contribution in [0.1, 0.15) is 12.5 Å². The number of fused-ring (bicyclic) bond motifs is 1. The number of aryl methyl sites for hydroxylation is 1. The van der Waals surface area contributed by atoms with Crippen LogP contribution in [-0.4, -0.2) is 9.55 Å². The molecule has 1 heterocycles. The molecule has 0 N–H and O–H groups in total. The van der Waals surface area contributed by atoms with E-state index >= 15 is 0 Å². The Labute approximate surface area is 132 Å². The molecule has 0 aliphatic rings. The summed E-state index contributed by atoms with van der Waals surface area (Å²) in [6.07, 6.45) is 0. The summed E-state index contributed by atoms with van der Waals surface area (Å²) in [5, 5.41) is 10.1. The van der Waals surface area contributed by atoms with E-state index in [2.05, 4.69) is 11.1 Å². The van der Waals surface area contributed by atoms with Crippen molar-refractivity contribution in [2.75, 3.05) is 0 Å². The molecule has 2 aromatic carbocycles. The largest absolute Gasteiger partial charge is 0.324 e. The SMILES string of the molecule is CCn1c(-c2c(Cl)cccc2Cl)nc2cc(C#N)ccc21. The molecule has 0 aliphatic heterocycles. The molecule has 0 fully saturated rings. The van der Waals surface area contributed by atoms with E-state index in [1.54, 1.807) is 30.3 Å². The number of rotatable bonds is 2. The number of nitriles is 1. The smallest absolute Gasteiger partial charge is 0.144 e. The molecule has 0 amide bonds. The number of nitrogens with zero attached hydrogens (tertiary/aromatic N) is 3. The molecule has 0 saturated carbocycles. The van der Waals surface area contributed by atoms with E-state index in [9.17, 15) is 0 Å². The first-order valence-corrected chi connectivity index (χ1v) is 7.26. The molecule has 5 heteroatoms. The Morgan fingerprint density at radius 3 is 2.52 bits per heavy atom. The molecule has 0 aliphatic carbocycles. The zero-order valence-corrected chi connectivity index (χ0v) is 12.8. The highest BCUT2D eigenvalue weighted by Crippen LogP contribution is 2.35. The quantitative estimate of drug-likeness (QED) is 0.674. The van der Waals surface area contributed by atoms with Gasteiger partial charge in [-0.2, -0.15) is 5.26 Å². The van der Waals surface area contributed by atoms with Crippen molar-refractivity contribution in [3.05, 3.63) is 52.0 Å². The maximum absolute atomic E-state index is 9.01. The lowest BCUT2D eigenvalue weighted by atomic mass is 10.2. The minimum atomic E-state index is 0.563. The molecule has 104 valence electrons. The van der Waals surface area contributed by atoms with Gasteiger partial charge in [0.1, 0.15) is 5.82 Å². The van der Waals surface area contributed by atoms with Gasteiger partial charge < -0.3 is 4.57 Å². The Morgan fingerprint density at radius 2 is 1.90 bits per heavy atom. The third-order valence-electron chi connectivity index (χ3n) is 3.38. The van der Waals surface area contributed by atoms with Crippen molar-refractivity contribution in [1.29, 1.82) is 5.26 Å². The van der Waals surface area contributed by atoms with E-state index in [4.69, 9.17) is 28.5 Å². The summed E-state index contributed by atoms with van der Waals surface area (Å²) in [5.41, 5.74) is 3.03. The Kier molecular flexibility index (Phi) is 3.59. The topological polar surface area (TPSA) is 41.6 Å². The Morgan fingerprint density at radius 1 is 1.19 bits per heavy atom. The van der Waals surface area contributed by atoms with Gasteiger partial charge in [0, 0.05) is 6.54 Å². The van der Waals surface area contributed by atoms with Gasteiger partial charge in [-0.3, -0.25) is 0 Å². The molecule has 3 aromatic rings. The Hall–Kier alpha value is -2.02. The summed E-state index contributed by atoms with van der Waals surface area (Å²) in [4.78, 5) is 4.63. The van der Waals surface area contributed by atoms with Gasteiger partial charge in [-0.25, -0.2) is 4.98 Å². The van der Waals surface area contributed by atoms with Gasteiger partial charge in [0.25, 0.3) is 0 Å². The minimum absolute atomic E-state index is 0.563. The molecule has 1 aromatic heterocycles. The summed E-state index contributed by atoms with van der Waals surface area (Å²) >= 11 is 12.6. The summed E-state index contributed by atoms with van der Waals surface area (Å²) in [6.45, 7) is 2.77. The predicted molar refractivity (Wildman–Crippen MR) is 85.6 cm³/mol. The van der Waals surface area contributed by atoms with Crippen molar-refractivity contribution in [2.45, 2.75) is 13.5 Å². The zero-order chi connectivity index (χ0) is 15.0. The van der Waals surface area contributed by atoms with E-state index < -0.39 is 0 Å². The average molecular weight is 316 g/mol. The number of benzene rings is 2. The van der Waals surface area contributed by atoms with Gasteiger partial charge in [-0.05, 0) is 37.3 Å². The number of imidazole rings is 1. The lowest BCUT2D eigenvalue weighted by Gasteiger charge is -2.09. The molecular weight excluding hydrogens is 305 g/mol. The van der Waals surface area contributed by atoms with Crippen LogP contribution in [0.2, 0.25) is 10.0 Å². The van der Waals surface area contributed by atoms with Crippen LogP contribution in [0, 0.1) is 11.3 Å². The summed E-state index contributed by atoms with van der Waals surface area (Å²) in [6, 6.07) is 13.0. The van der Waals surface area contributed by atoms with Crippen LogP contribution in [0.15, 0.2) is 36.4 Å². The number of hydrogen-bond acceptors (Lipinski definition) is 2. The highest BCUT2D eigenvalue weighted by atomic mass is 35.5. The monoisotopic (exact) mass is 315 g/mol. The third-order valence-corrected chi connectivity index (χ3v) is 4.01. The molecule has 0 radical (unpaired) electrons. The lowest BCUT2D eigenvalue weighted by Crippen LogP contribution is -1.98. The fourth-order valence-electron chi connectivity index (χ4n) is 2.42. The molecule has 0 spiro atoms. The predicted octanol–water partition coefficient (Wildman–Crippen LogP) is 4.90. The van der Waals surface area contributed by atoms with E-state index in [1.165, 1.54) is 0 Å². The van der Waals surface area contributed by atoms with Crippen LogP contribution in [0.3, 0.4) is 0 Å². The van der Waals surface area contributed by atoms with E-state index in [0.717, 1.165) is 29.0 Å². The highest BCUT2D eigenvalue weighted by Gasteiger charge is 2.17. The van der Waals surface area contributed by atoms with Crippen molar-refractivity contribution in [2.24, 2.45) is 0 Å². The fourth-order valence-corrected chi connectivity index (χ4v) is 2.99. The summed E-state index contributed by atoms with van der Waals surface area (Å²) in [7, 11) is 0. The van der Waals surface area contributed by atoms with Crippen LogP contribution in [0.25, 0.3) is 22.4 Å². The van der Waals surface area contributed by atoms with Gasteiger partial charge in [0.05, 0.1) is 38.3 Å². The third kappa shape index (κ3) is 2.27. The Balaban J connectivity index is 2.35. The second-order valence-corrected chi connectivity index (χ2v) is 5.41. The van der Waals surface area contributed by atoms with Crippen molar-refractivity contribution in [1.82, 2.24) is 9.55 Å². The number of halogens is 2. The van der Waals surface area contributed by atoms with E-state index in [0.29, 0.717) is 15.6 Å². The minimum Gasteiger partial charge on any atom is -0.324 e. The first kappa shape index (κ1) is 13.9. The van der Waals surface area contributed by atoms with E-state index in [1.807, 2.05) is 17.6 Å². The second kappa shape index (κ2) is 5.40. The van der Waals surface area contributed by atoms with Crippen molar-refractivity contribution in [3.63, 3.8) is 0 Å². The van der Waals surface area contributed by atoms with Gasteiger partial charge in [0.2, 0.25) is 0 Å². The van der Waals surface area contributed by atoms with E-state index in [-0.39, 0.29) is 0 Å². The number of aromatic nitrogens is 2. The van der Waals surface area contributed by atoms with Gasteiger partial charge in [-0.1, -0.05) is 29.3 Å². The van der Waals surface area contributed by atoms with Crippen LogP contribution < -0.4 is 0 Å². The van der Waals surface area contributed by atoms with Crippen molar-refractivity contribution in [3.8, 4) is 17.5 Å². The second-order valence-electron chi connectivity index (χ2n) is 4.59. The highest BCUT2D eigenvalue weighted by molar-refractivity contribution is 6.39. The molecule has 0 bridgehead atoms. The fraction of sp³-hybridized carbons (Fsp3) is 0.125. The zero-order valence-electron chi connectivity index (χ0n) is 11.3. The normalized spacial score (nSPS) is 10.8. The molecular formula is C16H11Cl2N3. The van der Waals surface area contributed by atoms with Crippen LogP contribution >= 0.6 is 23.2 Å². The first-order chi connectivity index (χ1) is 10.2. The average Bonchev–Trinajstić information content (AvgIpc) is 2.84. The maximum Gasteiger partial charge on any atom is 0.144 e. The molecule has 3 rings (SSSR count). The Bertz CT molecular complexity index is 855. The molecule has 3 nitrogen and oxygen atoms in total. The molecule has 21 heavy (non-hydrogen) atoms. The molecule has 0 atom stereocenters. The standard InChI is InChI=1S/C16H11Cl2N3/c1-2-21-14-7-6-10(9-19)8-13(14)20-16(21)15-11(17)4-3-5-12(15)18/h3-8H,2H2,1H3. The van der Waals surface area contributed by atoms with Crippen LogP contribution in [-0.2, 0) is 6.54 Å². The van der Waals surface area contributed by atoms with Gasteiger partial charge in [-0.15, -0.1) is 0 Å². The van der Waals surface area contributed by atoms with Gasteiger partial charge in [0.15, 0.2) is 0 Å². The van der Waals surface area contributed by atoms with Gasteiger partial charge >= 0.3 is 0 Å². The molecule has 0 saturated heterocycles. The van der Waals surface area contributed by atoms with Crippen molar-refractivity contribution < 1.29 is 0 Å². The maximum atomic E-state index is 9.01.